The maximum atomic E-state index is 5.65. The second kappa shape index (κ2) is 9.11. The predicted octanol–water partition coefficient (Wildman–Crippen LogP) is 3.57. The van der Waals surface area contributed by atoms with Crippen LogP contribution in [0.25, 0.3) is 22.5 Å². The largest absolute Gasteiger partial charge is 0.481 e. The van der Waals surface area contributed by atoms with E-state index < -0.39 is 0 Å². The fourth-order valence-electron chi connectivity index (χ4n) is 4.99. The number of nitrogens with zero attached hydrogens (tertiary/aromatic N) is 4. The molecular weight excluding hydrogens is 456 g/mol. The number of hydrogen-bond donors (Lipinski definition) is 0. The SMILES string of the molecule is COc1ccc(-c2cccc3[n+]2C[n+]2c(-c4ccc(OC)nc4OC)cccc2C3(C)C)c(OC)n1. The lowest BCUT2D eigenvalue weighted by Crippen LogP contribution is -2.65. The summed E-state index contributed by atoms with van der Waals surface area (Å²) < 4.78 is 26.6. The van der Waals surface area contributed by atoms with Crippen molar-refractivity contribution in [3.8, 4) is 46.0 Å². The van der Waals surface area contributed by atoms with Gasteiger partial charge in [0.15, 0.2) is 0 Å². The van der Waals surface area contributed by atoms with Crippen molar-refractivity contribution < 1.29 is 28.1 Å². The standard InChI is InChI=1S/C28H30N4O4/c1-28(2)22-11-7-9-20(18-13-15-24(33-3)29-26(18)35-5)31(22)17-32-21(10-8-12-23(28)32)19-14-16-25(34-4)30-27(19)36-6/h7-16H,17H2,1-6H3/q+2. The molecule has 0 N–H and O–H groups in total. The zero-order valence-corrected chi connectivity index (χ0v) is 21.4. The highest BCUT2D eigenvalue weighted by Gasteiger charge is 2.47. The number of methoxy groups -OCH3 is 4. The molecular formula is C28H30N4O4+2. The van der Waals surface area contributed by atoms with E-state index in [-0.39, 0.29) is 5.41 Å². The third-order valence-corrected chi connectivity index (χ3v) is 6.77. The van der Waals surface area contributed by atoms with Crippen LogP contribution in [-0.4, -0.2) is 38.4 Å². The fraction of sp³-hybridized carbons (Fsp3) is 0.286. The first kappa shape index (κ1) is 23.5. The van der Waals surface area contributed by atoms with Crippen LogP contribution in [0, 0.1) is 0 Å². The summed E-state index contributed by atoms with van der Waals surface area (Å²) in [6.07, 6.45) is 0. The Morgan fingerprint density at radius 1 is 0.611 bits per heavy atom. The summed E-state index contributed by atoms with van der Waals surface area (Å²) >= 11 is 0. The highest BCUT2D eigenvalue weighted by Crippen LogP contribution is 2.36. The molecule has 1 aliphatic heterocycles. The normalized spacial score (nSPS) is 13.4. The number of hydrogen-bond acceptors (Lipinski definition) is 6. The van der Waals surface area contributed by atoms with Crippen molar-refractivity contribution in [2.75, 3.05) is 28.4 Å². The molecule has 4 aromatic rings. The third kappa shape index (κ3) is 3.69. The van der Waals surface area contributed by atoms with Gasteiger partial charge in [-0.25, -0.2) is 0 Å². The van der Waals surface area contributed by atoms with Crippen molar-refractivity contribution in [3.05, 3.63) is 72.1 Å². The van der Waals surface area contributed by atoms with Gasteiger partial charge < -0.3 is 18.9 Å². The van der Waals surface area contributed by atoms with E-state index in [9.17, 15) is 0 Å². The van der Waals surface area contributed by atoms with E-state index in [1.165, 1.54) is 11.4 Å². The van der Waals surface area contributed by atoms with Crippen LogP contribution in [0.3, 0.4) is 0 Å². The van der Waals surface area contributed by atoms with E-state index in [4.69, 9.17) is 18.9 Å². The predicted molar refractivity (Wildman–Crippen MR) is 133 cm³/mol. The Hall–Kier alpha value is -4.20. The zero-order valence-electron chi connectivity index (χ0n) is 21.4. The Labute approximate surface area is 210 Å². The molecule has 0 aromatic carbocycles. The summed E-state index contributed by atoms with van der Waals surface area (Å²) in [4.78, 5) is 9.04. The van der Waals surface area contributed by atoms with Gasteiger partial charge in [0.05, 0.1) is 28.4 Å². The van der Waals surface area contributed by atoms with Crippen molar-refractivity contribution in [2.45, 2.75) is 25.9 Å². The first-order valence-electron chi connectivity index (χ1n) is 11.7. The molecule has 0 spiro atoms. The molecule has 5 heterocycles. The van der Waals surface area contributed by atoms with Crippen molar-refractivity contribution in [3.63, 3.8) is 0 Å². The van der Waals surface area contributed by atoms with Gasteiger partial charge in [-0.3, -0.25) is 0 Å². The van der Waals surface area contributed by atoms with Crippen molar-refractivity contribution >= 4 is 0 Å². The number of ether oxygens (including phenoxy) is 4. The maximum absolute atomic E-state index is 5.65. The van der Waals surface area contributed by atoms with Gasteiger partial charge in [0.1, 0.15) is 16.5 Å². The molecule has 0 saturated heterocycles. The number of pyridine rings is 4. The van der Waals surface area contributed by atoms with Gasteiger partial charge in [-0.15, -0.1) is 9.13 Å². The molecule has 8 nitrogen and oxygen atoms in total. The summed E-state index contributed by atoms with van der Waals surface area (Å²) in [5, 5.41) is 0. The average Bonchev–Trinajstić information content (AvgIpc) is 2.92. The lowest BCUT2D eigenvalue weighted by atomic mass is 9.82. The monoisotopic (exact) mass is 486 g/mol. The third-order valence-electron chi connectivity index (χ3n) is 6.77. The molecule has 0 radical (unpaired) electrons. The Kier molecular flexibility index (Phi) is 5.96. The smallest absolute Gasteiger partial charge is 0.345 e. The van der Waals surface area contributed by atoms with E-state index in [0.717, 1.165) is 22.5 Å². The van der Waals surface area contributed by atoms with E-state index in [1.807, 2.05) is 24.3 Å². The van der Waals surface area contributed by atoms with Gasteiger partial charge in [-0.05, 0) is 38.1 Å². The molecule has 8 heteroatoms. The quantitative estimate of drug-likeness (QED) is 0.388. The van der Waals surface area contributed by atoms with Crippen LogP contribution in [0.1, 0.15) is 25.2 Å². The summed E-state index contributed by atoms with van der Waals surface area (Å²) in [5.41, 5.74) is 5.87. The Bertz CT molecular complexity index is 1340. The van der Waals surface area contributed by atoms with Crippen LogP contribution < -0.4 is 28.1 Å². The Balaban J connectivity index is 1.73. The van der Waals surface area contributed by atoms with Gasteiger partial charge in [0.2, 0.25) is 46.3 Å². The molecule has 0 fully saturated rings. The highest BCUT2D eigenvalue weighted by molar-refractivity contribution is 5.64. The summed E-state index contributed by atoms with van der Waals surface area (Å²) in [6.45, 7) is 5.07. The summed E-state index contributed by atoms with van der Waals surface area (Å²) in [6, 6.07) is 20.4. The first-order valence-corrected chi connectivity index (χ1v) is 11.7. The van der Waals surface area contributed by atoms with E-state index in [2.05, 4.69) is 69.3 Å². The maximum Gasteiger partial charge on any atom is 0.345 e. The minimum absolute atomic E-state index is 0.287. The molecule has 1 aliphatic rings. The fourth-order valence-corrected chi connectivity index (χ4v) is 4.99. The minimum Gasteiger partial charge on any atom is -0.481 e. The molecule has 0 atom stereocenters. The molecule has 5 rings (SSSR count). The molecule has 4 aromatic heterocycles. The van der Waals surface area contributed by atoms with Crippen molar-refractivity contribution in [1.82, 2.24) is 9.97 Å². The van der Waals surface area contributed by atoms with E-state index in [0.29, 0.717) is 30.2 Å². The van der Waals surface area contributed by atoms with Crippen LogP contribution in [0.5, 0.6) is 23.5 Å². The summed E-state index contributed by atoms with van der Waals surface area (Å²) in [5.74, 6) is 2.04. The van der Waals surface area contributed by atoms with Gasteiger partial charge >= 0.3 is 6.67 Å². The van der Waals surface area contributed by atoms with Crippen LogP contribution in [0.15, 0.2) is 60.7 Å². The molecule has 0 bridgehead atoms. The van der Waals surface area contributed by atoms with Crippen LogP contribution in [0.2, 0.25) is 0 Å². The van der Waals surface area contributed by atoms with Gasteiger partial charge in [-0.1, -0.05) is 0 Å². The highest BCUT2D eigenvalue weighted by atomic mass is 16.5. The molecule has 0 saturated carbocycles. The molecule has 184 valence electrons. The van der Waals surface area contributed by atoms with Crippen molar-refractivity contribution in [2.24, 2.45) is 0 Å². The molecule has 36 heavy (non-hydrogen) atoms. The van der Waals surface area contributed by atoms with Crippen LogP contribution in [0.4, 0.5) is 0 Å². The second-order valence-electron chi connectivity index (χ2n) is 9.04. The molecule has 0 unspecified atom stereocenters. The van der Waals surface area contributed by atoms with Gasteiger partial charge in [0, 0.05) is 36.4 Å². The molecule has 0 aliphatic carbocycles. The number of fused-ring (bicyclic) bond motifs is 2. The van der Waals surface area contributed by atoms with Gasteiger partial charge in [0.25, 0.3) is 0 Å². The topological polar surface area (TPSA) is 70.5 Å². The van der Waals surface area contributed by atoms with E-state index >= 15 is 0 Å². The molecule has 0 amide bonds. The van der Waals surface area contributed by atoms with Gasteiger partial charge in [-0.2, -0.15) is 9.97 Å². The lowest BCUT2D eigenvalue weighted by Gasteiger charge is -2.26. The lowest BCUT2D eigenvalue weighted by molar-refractivity contribution is -0.922. The zero-order chi connectivity index (χ0) is 25.4. The average molecular weight is 487 g/mol. The summed E-state index contributed by atoms with van der Waals surface area (Å²) in [7, 11) is 6.45. The first-order chi connectivity index (χ1) is 17.4. The van der Waals surface area contributed by atoms with Crippen LogP contribution in [-0.2, 0) is 12.1 Å². The number of rotatable bonds is 6. The Morgan fingerprint density at radius 2 is 1.06 bits per heavy atom. The minimum atomic E-state index is -0.287. The van der Waals surface area contributed by atoms with Crippen molar-refractivity contribution in [1.29, 1.82) is 0 Å². The Morgan fingerprint density at radius 3 is 1.44 bits per heavy atom. The second-order valence-corrected chi connectivity index (χ2v) is 9.04. The van der Waals surface area contributed by atoms with Crippen LogP contribution >= 0.6 is 0 Å². The van der Waals surface area contributed by atoms with E-state index in [1.54, 1.807) is 28.4 Å². The number of aromatic nitrogens is 4.